The topological polar surface area (TPSA) is 180 Å². The fraction of sp³-hybridized carbons (Fsp3) is 0.455. The van der Waals surface area contributed by atoms with Gasteiger partial charge in [0.1, 0.15) is 29.5 Å². The Morgan fingerprint density at radius 3 is 1.30 bits per heavy atom. The number of nitrogens with zero attached hydrogens (tertiary/aromatic N) is 12. The highest BCUT2D eigenvalue weighted by molar-refractivity contribution is 6.39. The summed E-state index contributed by atoms with van der Waals surface area (Å²) < 4.78 is 59.9. The molecule has 1 fully saturated rings. The minimum atomic E-state index is -4.49. The van der Waals surface area contributed by atoms with E-state index < -0.39 is 29.0 Å². The van der Waals surface area contributed by atoms with E-state index in [1.807, 2.05) is 240 Å². The number of aromatic nitrogens is 3. The van der Waals surface area contributed by atoms with Crippen LogP contribution < -0.4 is 0 Å². The lowest BCUT2D eigenvalue weighted by atomic mass is 10.0. The lowest BCUT2D eigenvalue weighted by Gasteiger charge is -2.39. The summed E-state index contributed by atoms with van der Waals surface area (Å²) in [5.41, 5.74) is 10.0. The maximum Gasteiger partial charge on any atom is 0.493 e. The van der Waals surface area contributed by atoms with Crippen molar-refractivity contribution in [2.75, 3.05) is 26.7 Å². The molecule has 9 amide bonds. The first-order chi connectivity index (χ1) is 58.7. The number of likely N-dealkylation sites (N-methyl/N-ethyl adjacent to an activating group) is 1. The van der Waals surface area contributed by atoms with E-state index in [9.17, 15) is 55.9 Å². The van der Waals surface area contributed by atoms with Crippen LogP contribution in [0.3, 0.4) is 0 Å². The molecule has 0 N–H and O–H groups in total. The van der Waals surface area contributed by atoms with Gasteiger partial charge >= 0.3 is 12.2 Å². The second kappa shape index (κ2) is 37.9. The Labute approximate surface area is 778 Å². The molecule has 0 saturated carbocycles. The summed E-state index contributed by atoms with van der Waals surface area (Å²) in [6.07, 6.45) is 1.47. The summed E-state index contributed by atoms with van der Waals surface area (Å²) in [7, 11) is 3.83. The van der Waals surface area contributed by atoms with E-state index in [1.54, 1.807) is 34.1 Å². The highest BCUT2D eigenvalue weighted by Gasteiger charge is 2.47. The molecular weight excluding hydrogens is 1730 g/mol. The summed E-state index contributed by atoms with van der Waals surface area (Å²) in [4.78, 5) is 112. The molecule has 20 nitrogen and oxygen atoms in total. The molecule has 1 atom stereocenters. The van der Waals surface area contributed by atoms with Crippen LogP contribution in [-0.4, -0.2) is 182 Å². The van der Waals surface area contributed by atoms with Gasteiger partial charge in [-0.05, 0) is 242 Å². The van der Waals surface area contributed by atoms with Gasteiger partial charge in [-0.15, -0.1) is 0 Å². The molecule has 1 saturated heterocycles. The molecule has 9 aliphatic rings. The SMILES string of the molecule is C.C.CC(C)(C)N1CCn2c(c(Cl)c3ccccc32)C1=O.CC(C)(C)N1CCn2ccc(Cl)c2C1=O.CC(C)(C)N1Cc2cccc(C(F)(F)F)c2C1=O.CC(C)(C)N1Cc2cccc(Cl)c2C1=O.CC(C)(C)N1Cc2cccc(F)c2C1=O.CC1=[N+]2C(=O)N(C)CC2C=C1.Cc1cccc2c1C(=O)N(C(C)(C)C)C2.Cn1c2c(c3c(Cl)cccc31)C(=O)N(C(C)(C)C)C2. The number of urea groups is 1. The molecule has 3 aromatic heterocycles. The number of hydrogen-bond donors (Lipinski definition) is 0. The number of benzene rings is 6. The number of rotatable bonds is 0. The van der Waals surface area contributed by atoms with Crippen LogP contribution in [0.5, 0.6) is 0 Å². The van der Waals surface area contributed by atoms with Gasteiger partial charge in [0.2, 0.25) is 0 Å². The maximum atomic E-state index is 13.5. The molecule has 9 aromatic rings. The number of alkyl halides is 3. The number of aryl methyl sites for hydroxylation is 2. The van der Waals surface area contributed by atoms with Gasteiger partial charge in [-0.2, -0.15) is 22.5 Å². The highest BCUT2D eigenvalue weighted by Crippen LogP contribution is 2.43. The number of allylic oxidation sites excluding steroid dienone is 1. The molecule has 0 radical (unpaired) electrons. The third kappa shape index (κ3) is 20.9. The van der Waals surface area contributed by atoms with Crippen molar-refractivity contribution in [3.05, 3.63) is 244 Å². The second-order valence-electron chi connectivity index (χ2n) is 40.2. The number of fused-ring (bicyclic) bond motifs is 12. The third-order valence-corrected chi connectivity index (χ3v) is 25.3. The van der Waals surface area contributed by atoms with Crippen molar-refractivity contribution in [1.82, 2.24) is 52.9 Å². The van der Waals surface area contributed by atoms with E-state index in [0.717, 1.165) is 112 Å². The molecule has 1 unspecified atom stereocenters. The second-order valence-corrected chi connectivity index (χ2v) is 41.8. The van der Waals surface area contributed by atoms with Crippen molar-refractivity contribution in [2.45, 2.75) is 271 Å². The normalized spacial score (nSPS) is 16.8. The standard InChI is InChI=1S/2C15H17ClN2O.C13H14F3NO.C13H17NO.C12H14ClNO.C12H14FNO.C11H15ClN2O.C8H11N2O.2CH4/c1-15(2,3)18-8-11-13(14(18)19)12-9(16)6-5-7-10(12)17(11)4;1-15(2,3)18-9-8-17-11-7-5-4-6-10(11)12(16)13(17)14(18)19;1-12(2,3)17-7-8-5-4-6-9(13(14,15)16)10(8)11(17)18;1-9-6-5-7-10-8-14(13(2,3)4)12(15)11(9)10;2*1-12(2,3)14-7-8-5-4-6-9(13)10(8)11(14)15;1-11(2,3)14-7-6-13-5-4-8(12)9(13)10(14)15;1-6-3-4-7-5-9(2)8(11)10(6)7;;/h5-7H,8H2,1-4H3;4-7H,8-9H2,1-3H3;4-6H,7H2,1-3H3;5-7H,8H2,1-4H3;2*4-6H,7H2,1-3H3;4-5H,6-7H2,1-3H3;3-4,7H,5H2,1-2H3;2*1H4/q;;;;;;;+1;;. The van der Waals surface area contributed by atoms with Crippen molar-refractivity contribution in [3.8, 4) is 0 Å². The van der Waals surface area contributed by atoms with Gasteiger partial charge in [0, 0.05) is 121 Å². The van der Waals surface area contributed by atoms with Crippen LogP contribution in [0.25, 0.3) is 21.8 Å². The van der Waals surface area contributed by atoms with Crippen molar-refractivity contribution in [1.29, 1.82) is 0 Å². The molecule has 28 heteroatoms. The minimum Gasteiger partial charge on any atom is -0.345 e. The Bertz CT molecular complexity index is 5720. The van der Waals surface area contributed by atoms with Crippen molar-refractivity contribution < 1.29 is 60.5 Å². The van der Waals surface area contributed by atoms with Crippen LogP contribution in [0.2, 0.25) is 20.1 Å². The predicted octanol–water partition coefficient (Wildman–Crippen LogP) is 23.1. The van der Waals surface area contributed by atoms with Crippen molar-refractivity contribution in [3.63, 3.8) is 0 Å². The molecule has 12 heterocycles. The first kappa shape index (κ1) is 102. The largest absolute Gasteiger partial charge is 0.493 e. The smallest absolute Gasteiger partial charge is 0.345 e. The van der Waals surface area contributed by atoms with E-state index in [0.29, 0.717) is 68.3 Å². The monoisotopic (exact) mass is 1850 g/mol. The van der Waals surface area contributed by atoms with Gasteiger partial charge < -0.3 is 48.0 Å². The number of para-hydroxylation sites is 1. The lowest BCUT2D eigenvalue weighted by Crippen LogP contribution is -2.50. The molecule has 0 spiro atoms. The van der Waals surface area contributed by atoms with Crippen molar-refractivity contribution in [2.24, 2.45) is 7.05 Å². The Kier molecular flexibility index (Phi) is 30.1. The fourth-order valence-corrected chi connectivity index (χ4v) is 18.2. The number of hydrogen-bond acceptors (Lipinski definition) is 8. The maximum absolute atomic E-state index is 13.5. The molecule has 694 valence electrons. The Hall–Kier alpha value is -10.3. The van der Waals surface area contributed by atoms with Gasteiger partial charge in [-0.3, -0.25) is 33.6 Å². The van der Waals surface area contributed by atoms with E-state index in [2.05, 4.69) is 73.0 Å². The van der Waals surface area contributed by atoms with Crippen LogP contribution in [0.4, 0.5) is 22.4 Å². The molecular formula is C101H127Cl4F4N12O8+. The van der Waals surface area contributed by atoms with Crippen molar-refractivity contribution >= 4 is 121 Å². The first-order valence-corrected chi connectivity index (χ1v) is 44.2. The predicted molar refractivity (Wildman–Crippen MR) is 510 cm³/mol. The minimum absolute atomic E-state index is 0. The average molecular weight is 1860 g/mol. The van der Waals surface area contributed by atoms with Crippen LogP contribution >= 0.6 is 46.4 Å². The van der Waals surface area contributed by atoms with Gasteiger partial charge in [-0.25, -0.2) is 9.29 Å². The summed E-state index contributed by atoms with van der Waals surface area (Å²) >= 11 is 24.7. The van der Waals surface area contributed by atoms with E-state index in [1.165, 1.54) is 17.0 Å². The summed E-state index contributed by atoms with van der Waals surface area (Å²) in [5.74, 6) is -0.783. The Morgan fingerprint density at radius 2 is 0.806 bits per heavy atom. The average Bonchev–Trinajstić information content (AvgIpc) is 1.58. The van der Waals surface area contributed by atoms with E-state index in [-0.39, 0.29) is 107 Å². The Morgan fingerprint density at radius 1 is 0.395 bits per heavy atom. The molecule has 129 heavy (non-hydrogen) atoms. The first-order valence-electron chi connectivity index (χ1n) is 42.7. The number of carbonyl (C=O) groups is 8. The molecule has 9 aliphatic heterocycles. The molecule has 18 rings (SSSR count). The zero-order chi connectivity index (χ0) is 94.3. The summed E-state index contributed by atoms with van der Waals surface area (Å²) in [5, 5.41) is 4.19. The number of carbonyl (C=O) groups excluding carboxylic acids is 8. The highest BCUT2D eigenvalue weighted by atomic mass is 35.5. The van der Waals surface area contributed by atoms with Crippen LogP contribution in [-0.2, 0) is 59.0 Å². The number of halogens is 8. The number of amides is 9. The zero-order valence-corrected chi connectivity index (χ0v) is 80.6. The quantitative estimate of drug-likeness (QED) is 0.106. The van der Waals surface area contributed by atoms with Gasteiger partial charge in [0.05, 0.1) is 78.2 Å². The van der Waals surface area contributed by atoms with E-state index in [4.69, 9.17) is 46.4 Å². The molecule has 0 aliphatic carbocycles. The van der Waals surface area contributed by atoms with Gasteiger partial charge in [0.25, 0.3) is 41.4 Å². The van der Waals surface area contributed by atoms with Crippen LogP contribution in [0.15, 0.2) is 140 Å². The summed E-state index contributed by atoms with van der Waals surface area (Å²) in [6.45, 7) is 52.8. The Balaban J connectivity index is 0.000000167. The fourth-order valence-electron chi connectivity index (χ4n) is 17.1. The van der Waals surface area contributed by atoms with E-state index >= 15 is 0 Å². The zero-order valence-electron chi connectivity index (χ0n) is 77.6. The molecule has 6 aromatic carbocycles. The van der Waals surface area contributed by atoms with Gasteiger partial charge in [-0.1, -0.05) is 140 Å². The molecule has 0 bridgehead atoms. The third-order valence-electron chi connectivity index (χ3n) is 24.0. The van der Waals surface area contributed by atoms with Crippen LogP contribution in [0, 0.1) is 12.7 Å². The summed E-state index contributed by atoms with van der Waals surface area (Å²) in [6, 6.07) is 36.3. The van der Waals surface area contributed by atoms with Crippen LogP contribution in [0.1, 0.15) is 279 Å². The van der Waals surface area contributed by atoms with Gasteiger partial charge in [0.15, 0.2) is 6.04 Å². The lowest BCUT2D eigenvalue weighted by molar-refractivity contribution is -0.435.